The predicted molar refractivity (Wildman–Crippen MR) is 217 cm³/mol. The summed E-state index contributed by atoms with van der Waals surface area (Å²) in [6, 6.07) is 13.7. The van der Waals surface area contributed by atoms with E-state index in [1.165, 1.54) is 11.1 Å². The van der Waals surface area contributed by atoms with Crippen molar-refractivity contribution in [1.82, 2.24) is 19.6 Å². The molecule has 2 aromatic carbocycles. The van der Waals surface area contributed by atoms with Gasteiger partial charge >= 0.3 is 0 Å². The van der Waals surface area contributed by atoms with Crippen molar-refractivity contribution in [2.45, 2.75) is 69.6 Å². The minimum Gasteiger partial charge on any atom is -0.491 e. The largest absolute Gasteiger partial charge is 0.491 e. The van der Waals surface area contributed by atoms with E-state index in [1.807, 2.05) is 38.3 Å². The summed E-state index contributed by atoms with van der Waals surface area (Å²) in [5, 5.41) is 0.504. The number of fused-ring (bicyclic) bond motifs is 2. The molecule has 1 N–H and O–H groups in total. The molecule has 4 heterocycles. The van der Waals surface area contributed by atoms with Crippen LogP contribution in [0.3, 0.4) is 0 Å². The standard InChI is InChI=1S/C42H55ClN6O4S/c1-5-8-31-23-35(43)12-13-36(31)34-26-49-25-33-10-14-37(33)42(52-4,28-47-19-21-48(22-20-47)41-44-17-7-18-45-41)16-6-9-29(2)30(3)54(51)46-40(50)32-11-15-39(53-27-34)38(49)24-32/h6-7,11-13,15-18,23-24,29-30,33-34,37H,5,8-10,14,19-22,25-28H2,1-4H3,(H,46,50)/b16-6+. The van der Waals surface area contributed by atoms with E-state index < -0.39 is 16.6 Å². The number of halogens is 1. The van der Waals surface area contributed by atoms with E-state index in [9.17, 15) is 9.00 Å². The van der Waals surface area contributed by atoms with Gasteiger partial charge < -0.3 is 19.3 Å². The lowest BCUT2D eigenvalue weighted by atomic mass is 9.63. The summed E-state index contributed by atoms with van der Waals surface area (Å²) >= 11 is 6.51. The number of hydrogen-bond donors (Lipinski definition) is 1. The van der Waals surface area contributed by atoms with E-state index in [2.05, 4.69) is 67.5 Å². The molecule has 2 bridgehead atoms. The van der Waals surface area contributed by atoms with Crippen LogP contribution in [0.25, 0.3) is 0 Å². The molecule has 1 aliphatic carbocycles. The first-order valence-corrected chi connectivity index (χ1v) is 21.3. The lowest BCUT2D eigenvalue weighted by molar-refractivity contribution is -0.0919. The molecule has 7 unspecified atom stereocenters. The van der Waals surface area contributed by atoms with Crippen LogP contribution in [0.2, 0.25) is 5.02 Å². The Balaban J connectivity index is 1.22. The fourth-order valence-corrected chi connectivity index (χ4v) is 10.00. The van der Waals surface area contributed by atoms with Crippen molar-refractivity contribution < 1.29 is 18.5 Å². The maximum atomic E-state index is 13.6. The zero-order valence-electron chi connectivity index (χ0n) is 32.1. The van der Waals surface area contributed by atoms with Gasteiger partial charge in [-0.25, -0.2) is 14.2 Å². The smallest absolute Gasteiger partial charge is 0.263 e. The first-order chi connectivity index (χ1) is 26.2. The molecule has 1 saturated heterocycles. The average Bonchev–Trinajstić information content (AvgIpc) is 3.35. The highest BCUT2D eigenvalue weighted by Gasteiger charge is 2.48. The van der Waals surface area contributed by atoms with E-state index in [1.54, 1.807) is 18.5 Å². The Labute approximate surface area is 328 Å². The summed E-state index contributed by atoms with van der Waals surface area (Å²) in [5.41, 5.74) is 3.40. The Morgan fingerprint density at radius 1 is 1.04 bits per heavy atom. The maximum Gasteiger partial charge on any atom is 0.263 e. The van der Waals surface area contributed by atoms with Gasteiger partial charge in [-0.05, 0) is 97.9 Å². The Hall–Kier alpha value is -3.51. The van der Waals surface area contributed by atoms with Crippen molar-refractivity contribution in [2.75, 3.05) is 69.3 Å². The molecule has 7 rings (SSSR count). The summed E-state index contributed by atoms with van der Waals surface area (Å²) in [4.78, 5) is 29.8. The minimum absolute atomic E-state index is 0.0785. The number of ether oxygens (including phenoxy) is 2. The van der Waals surface area contributed by atoms with Crippen molar-refractivity contribution in [3.05, 3.63) is 88.7 Å². The van der Waals surface area contributed by atoms with Crippen molar-refractivity contribution >= 4 is 40.1 Å². The van der Waals surface area contributed by atoms with E-state index in [4.69, 9.17) is 21.1 Å². The number of methoxy groups -OCH3 is 1. The number of hydrogen-bond acceptors (Lipinski definition) is 9. The van der Waals surface area contributed by atoms with Gasteiger partial charge in [-0.2, -0.15) is 0 Å². The maximum absolute atomic E-state index is 13.6. The second-order valence-corrected chi connectivity index (χ2v) is 17.6. The third-order valence-electron chi connectivity index (χ3n) is 12.3. The van der Waals surface area contributed by atoms with Gasteiger partial charge in [-0.1, -0.05) is 50.1 Å². The Bertz CT molecular complexity index is 1820. The molecule has 1 aromatic heterocycles. The van der Waals surface area contributed by atoms with Gasteiger partial charge in [-0.3, -0.25) is 14.4 Å². The molecule has 0 spiro atoms. The highest BCUT2D eigenvalue weighted by atomic mass is 35.5. The van der Waals surface area contributed by atoms with Crippen LogP contribution in [0.1, 0.15) is 73.9 Å². The fourth-order valence-electron chi connectivity index (χ4n) is 8.78. The quantitative estimate of drug-likeness (QED) is 0.264. The summed E-state index contributed by atoms with van der Waals surface area (Å²) < 4.78 is 29.6. The second kappa shape index (κ2) is 17.1. The van der Waals surface area contributed by atoms with Gasteiger partial charge in [0.1, 0.15) is 22.3 Å². The summed E-state index contributed by atoms with van der Waals surface area (Å²) in [6.45, 7) is 12.6. The van der Waals surface area contributed by atoms with Crippen molar-refractivity contribution in [3.63, 3.8) is 0 Å². The van der Waals surface area contributed by atoms with Crippen molar-refractivity contribution in [2.24, 2.45) is 17.8 Å². The molecule has 54 heavy (non-hydrogen) atoms. The Morgan fingerprint density at radius 3 is 2.56 bits per heavy atom. The number of benzene rings is 2. The molecule has 290 valence electrons. The lowest BCUT2D eigenvalue weighted by Crippen LogP contribution is -2.58. The first kappa shape index (κ1) is 38.8. The number of amides is 1. The molecule has 4 aliphatic rings. The van der Waals surface area contributed by atoms with Crippen LogP contribution in [0.5, 0.6) is 5.75 Å². The zero-order chi connectivity index (χ0) is 37.8. The second-order valence-electron chi connectivity index (χ2n) is 15.7. The minimum atomic E-state index is -1.56. The van der Waals surface area contributed by atoms with Crippen LogP contribution in [0.4, 0.5) is 11.6 Å². The van der Waals surface area contributed by atoms with Crippen LogP contribution in [-0.2, 0) is 22.1 Å². The molecule has 3 aliphatic heterocycles. The van der Waals surface area contributed by atoms with E-state index in [0.29, 0.717) is 18.1 Å². The molecule has 10 nitrogen and oxygen atoms in total. The molecule has 7 atom stereocenters. The van der Waals surface area contributed by atoms with Gasteiger partial charge in [0.2, 0.25) is 5.95 Å². The van der Waals surface area contributed by atoms with Crippen molar-refractivity contribution in [1.29, 1.82) is 0 Å². The fraction of sp³-hybridized carbons (Fsp3) is 0.548. The van der Waals surface area contributed by atoms with E-state index in [0.717, 1.165) is 100 Å². The number of aryl methyl sites for hydroxylation is 1. The van der Waals surface area contributed by atoms with E-state index >= 15 is 0 Å². The lowest BCUT2D eigenvalue weighted by Gasteiger charge is -2.52. The van der Waals surface area contributed by atoms with Crippen molar-refractivity contribution in [3.8, 4) is 5.75 Å². The number of carbonyl (C=O) groups excluding carboxylic acids is 1. The molecule has 2 fully saturated rings. The summed E-state index contributed by atoms with van der Waals surface area (Å²) in [5.74, 6) is 2.03. The molecular formula is C42H55ClN6O4S. The molecule has 3 aromatic rings. The topological polar surface area (TPSA) is 100 Å². The van der Waals surface area contributed by atoms with Crippen LogP contribution < -0.4 is 19.3 Å². The molecule has 12 heteroatoms. The number of carbonyl (C=O) groups is 1. The third kappa shape index (κ3) is 8.34. The number of anilines is 2. The zero-order valence-corrected chi connectivity index (χ0v) is 33.7. The number of nitrogens with one attached hydrogen (secondary N) is 1. The van der Waals surface area contributed by atoms with Gasteiger partial charge in [0.15, 0.2) is 0 Å². The highest BCUT2D eigenvalue weighted by molar-refractivity contribution is 7.84. The van der Waals surface area contributed by atoms with E-state index in [-0.39, 0.29) is 28.9 Å². The number of rotatable bonds is 7. The molecular weight excluding hydrogens is 720 g/mol. The van der Waals surface area contributed by atoms with Crippen LogP contribution in [-0.4, -0.2) is 95.4 Å². The predicted octanol–water partition coefficient (Wildman–Crippen LogP) is 6.68. The normalized spacial score (nSPS) is 30.0. The average molecular weight is 775 g/mol. The molecule has 1 amide bonds. The van der Waals surface area contributed by atoms with Gasteiger partial charge in [0, 0.05) is 81.8 Å². The van der Waals surface area contributed by atoms with Gasteiger partial charge in [-0.15, -0.1) is 0 Å². The Morgan fingerprint density at radius 2 is 1.83 bits per heavy atom. The highest BCUT2D eigenvalue weighted by Crippen LogP contribution is 2.47. The number of allylic oxidation sites excluding steroid dienone is 1. The number of piperazine rings is 1. The summed E-state index contributed by atoms with van der Waals surface area (Å²) in [6.07, 6.45) is 13.0. The van der Waals surface area contributed by atoms with Crippen LogP contribution in [0.15, 0.2) is 67.0 Å². The third-order valence-corrected chi connectivity index (χ3v) is 14.1. The molecule has 0 radical (unpaired) electrons. The summed E-state index contributed by atoms with van der Waals surface area (Å²) in [7, 11) is 0.310. The molecule has 1 saturated carbocycles. The van der Waals surface area contributed by atoms with Gasteiger partial charge in [0.05, 0.1) is 17.5 Å². The van der Waals surface area contributed by atoms with Gasteiger partial charge in [0.25, 0.3) is 5.91 Å². The Kier molecular flexibility index (Phi) is 12.3. The SMILES string of the molecule is CCCc1cc(Cl)ccc1C1COc2ccc3cc2N(C1)CC1CCC1C(CN1CCN(c2ncccn2)CC1)(OC)/C=C/CC(C)C(C)S(=O)NC3=O. The number of aromatic nitrogens is 2. The number of nitrogens with zero attached hydrogens (tertiary/aromatic N) is 5. The van der Waals surface area contributed by atoms with Crippen LogP contribution in [0, 0.1) is 17.8 Å². The first-order valence-electron chi connectivity index (χ1n) is 19.7. The monoisotopic (exact) mass is 774 g/mol. The van der Waals surface area contributed by atoms with Crippen LogP contribution >= 0.6 is 11.6 Å².